The number of aromatic nitrogens is 1. The molecule has 1 heterocycles. The molecule has 0 atom stereocenters. The molecular weight excluding hydrogens is 220 g/mol. The molecule has 7 heteroatoms. The van der Waals surface area contributed by atoms with E-state index >= 15 is 0 Å². The van der Waals surface area contributed by atoms with Gasteiger partial charge in [0.1, 0.15) is 11.6 Å². The van der Waals surface area contributed by atoms with E-state index in [0.717, 1.165) is 6.20 Å². The fourth-order valence-corrected chi connectivity index (χ4v) is 1.28. The highest BCUT2D eigenvalue weighted by atomic mass is 19.3. The molecule has 0 aliphatic carbocycles. The topological polar surface area (TPSA) is 100 Å². The lowest BCUT2D eigenvalue weighted by Gasteiger charge is -2.10. The summed E-state index contributed by atoms with van der Waals surface area (Å²) >= 11 is 0. The van der Waals surface area contributed by atoms with Crippen LogP contribution in [0.25, 0.3) is 0 Å². The Bertz CT molecular complexity index is 469. The molecule has 0 radical (unpaired) electrons. The van der Waals surface area contributed by atoms with E-state index in [2.05, 4.69) is 4.98 Å². The van der Waals surface area contributed by atoms with Gasteiger partial charge in [0, 0.05) is 18.3 Å². The number of nitriles is 1. The summed E-state index contributed by atoms with van der Waals surface area (Å²) in [4.78, 5) is 14.3. The van der Waals surface area contributed by atoms with Crippen molar-refractivity contribution in [3.05, 3.63) is 28.6 Å². The monoisotopic (exact) mass is 227 g/mol. The number of rotatable bonds is 3. The van der Waals surface area contributed by atoms with E-state index in [9.17, 15) is 13.6 Å². The molecule has 1 aromatic heterocycles. The van der Waals surface area contributed by atoms with Crippen molar-refractivity contribution < 1.29 is 18.7 Å². The van der Waals surface area contributed by atoms with Crippen molar-refractivity contribution in [2.45, 2.75) is 13.0 Å². The predicted molar refractivity (Wildman–Crippen MR) is 48.8 cm³/mol. The minimum atomic E-state index is -3.01. The third-order valence-corrected chi connectivity index (χ3v) is 1.96. The highest BCUT2D eigenvalue weighted by Gasteiger charge is 2.25. The maximum absolute atomic E-state index is 12.7. The maximum atomic E-state index is 12.7. The lowest BCUT2D eigenvalue weighted by atomic mass is 10.0. The first-order valence-corrected chi connectivity index (χ1v) is 4.16. The number of carbonyl (C=O) groups is 1. The summed E-state index contributed by atoms with van der Waals surface area (Å²) in [6, 6.07) is 1.46. The summed E-state index contributed by atoms with van der Waals surface area (Å²) in [6.45, 7) is -0.265. The Kier molecular flexibility index (Phi) is 3.48. The summed E-state index contributed by atoms with van der Waals surface area (Å²) in [7, 11) is 0. The van der Waals surface area contributed by atoms with Crippen molar-refractivity contribution in [1.82, 2.24) is 4.98 Å². The molecule has 0 aliphatic heterocycles. The first-order valence-electron chi connectivity index (χ1n) is 4.16. The average Bonchev–Trinajstić information content (AvgIpc) is 2.26. The molecule has 5 nitrogen and oxygen atoms in total. The van der Waals surface area contributed by atoms with Crippen LogP contribution in [0.3, 0.4) is 0 Å². The highest BCUT2D eigenvalue weighted by molar-refractivity contribution is 5.92. The van der Waals surface area contributed by atoms with Gasteiger partial charge in [0.15, 0.2) is 5.69 Å². The van der Waals surface area contributed by atoms with Gasteiger partial charge < -0.3 is 10.8 Å². The van der Waals surface area contributed by atoms with Gasteiger partial charge in [-0.3, -0.25) is 0 Å². The van der Waals surface area contributed by atoms with E-state index in [1.807, 2.05) is 0 Å². The normalized spacial score (nSPS) is 10.2. The van der Waals surface area contributed by atoms with Crippen molar-refractivity contribution in [1.29, 1.82) is 5.26 Å². The van der Waals surface area contributed by atoms with Gasteiger partial charge in [-0.05, 0) is 5.56 Å². The van der Waals surface area contributed by atoms with Gasteiger partial charge in [-0.25, -0.2) is 18.6 Å². The van der Waals surface area contributed by atoms with Gasteiger partial charge in [-0.15, -0.1) is 0 Å². The zero-order chi connectivity index (χ0) is 12.3. The molecule has 0 aliphatic rings. The van der Waals surface area contributed by atoms with Crippen LogP contribution in [0.5, 0.6) is 0 Å². The third kappa shape index (κ3) is 1.97. The van der Waals surface area contributed by atoms with Crippen molar-refractivity contribution in [2.24, 2.45) is 5.73 Å². The van der Waals surface area contributed by atoms with Crippen LogP contribution in [0.1, 0.15) is 33.6 Å². The third-order valence-electron chi connectivity index (χ3n) is 1.96. The minimum absolute atomic E-state index is 0.0774. The number of pyridine rings is 1. The Hall–Kier alpha value is -2.07. The average molecular weight is 227 g/mol. The van der Waals surface area contributed by atoms with Crippen LogP contribution in [-0.4, -0.2) is 16.1 Å². The number of nitrogens with two attached hydrogens (primary N) is 1. The van der Waals surface area contributed by atoms with Crippen LogP contribution >= 0.6 is 0 Å². The van der Waals surface area contributed by atoms with Crippen LogP contribution in [0.2, 0.25) is 0 Å². The smallest absolute Gasteiger partial charge is 0.339 e. The predicted octanol–water partition coefficient (Wildman–Crippen LogP) is 1.05. The number of hydrogen-bond donors (Lipinski definition) is 2. The number of aromatic carboxylic acids is 1. The van der Waals surface area contributed by atoms with Crippen LogP contribution in [0.15, 0.2) is 6.20 Å². The standard InChI is InChI=1S/C9H7F2N3O2/c10-8(11)6-4(1-12)3-14-5(2-13)7(6)9(15)16/h3,8H,1,12H2,(H,15,16). The van der Waals surface area contributed by atoms with E-state index in [4.69, 9.17) is 16.1 Å². The van der Waals surface area contributed by atoms with E-state index in [0.29, 0.717) is 0 Å². The summed E-state index contributed by atoms with van der Waals surface area (Å²) in [5.41, 5.74) is 3.07. The summed E-state index contributed by atoms with van der Waals surface area (Å²) in [6.07, 6.45) is -2.02. The largest absolute Gasteiger partial charge is 0.478 e. The number of halogens is 2. The molecule has 0 aromatic carbocycles. The Balaban J connectivity index is 3.61. The van der Waals surface area contributed by atoms with E-state index < -0.39 is 29.2 Å². The van der Waals surface area contributed by atoms with Crippen molar-refractivity contribution in [3.8, 4) is 6.07 Å². The van der Waals surface area contributed by atoms with Crippen LogP contribution in [0.4, 0.5) is 8.78 Å². The molecule has 0 fully saturated rings. The van der Waals surface area contributed by atoms with Gasteiger partial charge >= 0.3 is 5.97 Å². The molecular formula is C9H7F2N3O2. The Morgan fingerprint density at radius 3 is 2.69 bits per heavy atom. The number of carboxylic acid groups (broad SMARTS) is 1. The Morgan fingerprint density at radius 2 is 2.31 bits per heavy atom. The molecule has 0 saturated heterocycles. The Labute approximate surface area is 89.1 Å². The lowest BCUT2D eigenvalue weighted by Crippen LogP contribution is -2.13. The summed E-state index contributed by atoms with van der Waals surface area (Å²) in [5, 5.41) is 17.4. The van der Waals surface area contributed by atoms with Crippen molar-refractivity contribution in [2.75, 3.05) is 0 Å². The van der Waals surface area contributed by atoms with Crippen LogP contribution in [-0.2, 0) is 6.54 Å². The second-order valence-corrected chi connectivity index (χ2v) is 2.84. The highest BCUT2D eigenvalue weighted by Crippen LogP contribution is 2.27. The van der Waals surface area contributed by atoms with E-state index in [-0.39, 0.29) is 12.1 Å². The lowest BCUT2D eigenvalue weighted by molar-refractivity contribution is 0.0683. The number of alkyl halides is 2. The maximum Gasteiger partial charge on any atom is 0.339 e. The molecule has 0 saturated carbocycles. The minimum Gasteiger partial charge on any atom is -0.478 e. The second-order valence-electron chi connectivity index (χ2n) is 2.84. The first-order chi connectivity index (χ1) is 7.52. The fraction of sp³-hybridized carbons (Fsp3) is 0.222. The molecule has 0 amide bonds. The van der Waals surface area contributed by atoms with Gasteiger partial charge in [-0.2, -0.15) is 5.26 Å². The van der Waals surface area contributed by atoms with Gasteiger partial charge in [0.05, 0.1) is 0 Å². The van der Waals surface area contributed by atoms with E-state index in [1.54, 1.807) is 0 Å². The molecule has 1 aromatic rings. The second kappa shape index (κ2) is 4.63. The van der Waals surface area contributed by atoms with Gasteiger partial charge in [0.25, 0.3) is 6.43 Å². The number of nitrogens with zero attached hydrogens (tertiary/aromatic N) is 2. The van der Waals surface area contributed by atoms with Gasteiger partial charge in [0.2, 0.25) is 0 Å². The first kappa shape index (κ1) is 12.0. The molecule has 0 unspecified atom stereocenters. The summed E-state index contributed by atoms with van der Waals surface area (Å²) < 4.78 is 25.4. The quantitative estimate of drug-likeness (QED) is 0.803. The number of hydrogen-bond acceptors (Lipinski definition) is 4. The van der Waals surface area contributed by atoms with Gasteiger partial charge in [-0.1, -0.05) is 0 Å². The Morgan fingerprint density at radius 1 is 1.69 bits per heavy atom. The molecule has 3 N–H and O–H groups in total. The SMILES string of the molecule is N#Cc1ncc(CN)c(C(F)F)c1C(=O)O. The molecule has 84 valence electrons. The zero-order valence-electron chi connectivity index (χ0n) is 7.94. The summed E-state index contributed by atoms with van der Waals surface area (Å²) in [5.74, 6) is -1.62. The van der Waals surface area contributed by atoms with Crippen molar-refractivity contribution >= 4 is 5.97 Å². The molecule has 1 rings (SSSR count). The van der Waals surface area contributed by atoms with Crippen molar-refractivity contribution in [3.63, 3.8) is 0 Å². The van der Waals surface area contributed by atoms with Crippen LogP contribution in [0, 0.1) is 11.3 Å². The molecule has 0 spiro atoms. The fourth-order valence-electron chi connectivity index (χ4n) is 1.28. The van der Waals surface area contributed by atoms with E-state index in [1.165, 1.54) is 6.07 Å². The van der Waals surface area contributed by atoms with Crippen LogP contribution < -0.4 is 5.73 Å². The zero-order valence-corrected chi connectivity index (χ0v) is 7.94. The molecule has 0 bridgehead atoms. The number of carboxylic acids is 1. The molecule has 16 heavy (non-hydrogen) atoms.